The van der Waals surface area contributed by atoms with Crippen molar-refractivity contribution in [2.45, 2.75) is 24.7 Å². The number of anilines is 2. The van der Waals surface area contributed by atoms with Gasteiger partial charge in [-0.2, -0.15) is 10.2 Å². The fraction of sp³-hybridized carbons (Fsp3) is 0.316. The van der Waals surface area contributed by atoms with E-state index in [-0.39, 0.29) is 17.7 Å². The lowest BCUT2D eigenvalue weighted by atomic mass is 10.1. The Labute approximate surface area is 166 Å². The van der Waals surface area contributed by atoms with Crippen LogP contribution in [0.4, 0.5) is 11.8 Å². The highest BCUT2D eigenvalue weighted by atomic mass is 35.5. The highest BCUT2D eigenvalue weighted by Gasteiger charge is 2.41. The molecule has 0 amide bonds. The van der Waals surface area contributed by atoms with Gasteiger partial charge in [-0.15, -0.1) is 0 Å². The minimum absolute atomic E-state index is 0.0326. The smallest absolute Gasteiger partial charge is 0.223 e. The van der Waals surface area contributed by atoms with Gasteiger partial charge in [-0.3, -0.25) is 0 Å². The predicted molar refractivity (Wildman–Crippen MR) is 106 cm³/mol. The van der Waals surface area contributed by atoms with E-state index in [1.54, 1.807) is 36.4 Å². The Morgan fingerprint density at radius 1 is 1.21 bits per heavy atom. The number of aliphatic hydroxyl groups excluding tert-OH is 3. The van der Waals surface area contributed by atoms with E-state index in [9.17, 15) is 15.3 Å². The quantitative estimate of drug-likeness (QED) is 0.470. The Balaban J connectivity index is 1.87. The number of aromatic nitrogens is 2. The van der Waals surface area contributed by atoms with Crippen molar-refractivity contribution in [3.63, 3.8) is 0 Å². The van der Waals surface area contributed by atoms with Gasteiger partial charge in [-0.05, 0) is 30.2 Å². The molecule has 0 aliphatic heterocycles. The van der Waals surface area contributed by atoms with Gasteiger partial charge >= 0.3 is 0 Å². The van der Waals surface area contributed by atoms with Gasteiger partial charge in [0.05, 0.1) is 29.3 Å². The number of nitrogens with two attached hydrogens (primary N) is 1. The average Bonchev–Trinajstić information content (AvgIpc) is 2.95. The molecule has 8 nitrogen and oxygen atoms in total. The normalized spacial score (nSPS) is 24.4. The molecule has 0 radical (unpaired) electrons. The van der Waals surface area contributed by atoms with Gasteiger partial charge in [-0.25, -0.2) is 4.98 Å². The molecule has 9 heteroatoms. The number of halogens is 1. The van der Waals surface area contributed by atoms with Gasteiger partial charge in [0.1, 0.15) is 17.1 Å². The zero-order valence-electron chi connectivity index (χ0n) is 14.8. The second-order valence-corrected chi connectivity index (χ2v) is 6.97. The topological polar surface area (TPSA) is 148 Å². The summed E-state index contributed by atoms with van der Waals surface area (Å²) in [7, 11) is 0. The average molecular weight is 402 g/mol. The van der Waals surface area contributed by atoms with E-state index < -0.39 is 24.2 Å². The molecule has 0 spiro atoms. The third-order valence-corrected chi connectivity index (χ3v) is 5.05. The third kappa shape index (κ3) is 4.24. The monoisotopic (exact) mass is 401 g/mol. The molecule has 28 heavy (non-hydrogen) atoms. The molecule has 1 aromatic carbocycles. The number of hydrogen-bond acceptors (Lipinski definition) is 8. The summed E-state index contributed by atoms with van der Waals surface area (Å²) in [6.45, 7) is -0.228. The molecule has 0 unspecified atom stereocenters. The molecule has 2 aromatic rings. The van der Waals surface area contributed by atoms with Crippen LogP contribution in [0.3, 0.4) is 0 Å². The van der Waals surface area contributed by atoms with Crippen LogP contribution in [0.1, 0.15) is 23.1 Å². The van der Waals surface area contributed by atoms with Crippen LogP contribution in [0.15, 0.2) is 24.3 Å². The lowest BCUT2D eigenvalue weighted by molar-refractivity contribution is 0.00445. The van der Waals surface area contributed by atoms with Crippen molar-refractivity contribution in [2.75, 3.05) is 17.7 Å². The van der Waals surface area contributed by atoms with E-state index in [0.29, 0.717) is 23.4 Å². The first-order chi connectivity index (χ1) is 13.4. The summed E-state index contributed by atoms with van der Waals surface area (Å²) in [5, 5.41) is 41.6. The van der Waals surface area contributed by atoms with Crippen molar-refractivity contribution < 1.29 is 15.3 Å². The number of hydrogen-bond donors (Lipinski definition) is 5. The first kappa shape index (κ1) is 20.0. The number of nitriles is 1. The van der Waals surface area contributed by atoms with Gasteiger partial charge < -0.3 is 26.4 Å². The van der Waals surface area contributed by atoms with Gasteiger partial charge in [0.15, 0.2) is 0 Å². The molecule has 1 aromatic heterocycles. The number of aliphatic hydroxyl groups is 3. The molecule has 4 atom stereocenters. The first-order valence-corrected chi connectivity index (χ1v) is 9.05. The summed E-state index contributed by atoms with van der Waals surface area (Å²) in [5.41, 5.74) is 7.57. The largest absolute Gasteiger partial charge is 0.396 e. The minimum atomic E-state index is -1.07. The number of rotatable bonds is 5. The molecule has 3 rings (SSSR count). The Hall–Kier alpha value is -2.70. The number of benzene rings is 1. The Morgan fingerprint density at radius 2 is 1.93 bits per heavy atom. The van der Waals surface area contributed by atoms with Crippen LogP contribution >= 0.6 is 11.6 Å². The molecule has 0 bridgehead atoms. The van der Waals surface area contributed by atoms with Gasteiger partial charge in [0, 0.05) is 12.5 Å². The third-order valence-electron chi connectivity index (χ3n) is 4.76. The molecule has 1 heterocycles. The zero-order valence-corrected chi connectivity index (χ0v) is 15.6. The summed E-state index contributed by atoms with van der Waals surface area (Å²) < 4.78 is 0. The lowest BCUT2D eigenvalue weighted by Gasteiger charge is -2.20. The van der Waals surface area contributed by atoms with E-state index in [4.69, 9.17) is 22.6 Å². The fourth-order valence-electron chi connectivity index (χ4n) is 3.19. The highest BCUT2D eigenvalue weighted by Crippen LogP contribution is 2.31. The summed E-state index contributed by atoms with van der Waals surface area (Å²) in [4.78, 5) is 8.13. The van der Waals surface area contributed by atoms with Crippen LogP contribution in [-0.4, -0.2) is 50.1 Å². The number of nitrogens with one attached hydrogen (secondary N) is 1. The van der Waals surface area contributed by atoms with Crippen molar-refractivity contribution in [3.8, 4) is 6.07 Å². The van der Waals surface area contributed by atoms with E-state index in [2.05, 4.69) is 21.4 Å². The maximum Gasteiger partial charge on any atom is 0.223 e. The highest BCUT2D eigenvalue weighted by molar-refractivity contribution is 6.31. The Morgan fingerprint density at radius 3 is 2.54 bits per heavy atom. The van der Waals surface area contributed by atoms with Crippen molar-refractivity contribution in [1.82, 2.24) is 9.97 Å². The van der Waals surface area contributed by atoms with Gasteiger partial charge in [-0.1, -0.05) is 29.8 Å². The predicted octanol–water partition coefficient (Wildman–Crippen LogP) is 1.27. The van der Waals surface area contributed by atoms with Crippen molar-refractivity contribution in [2.24, 2.45) is 5.92 Å². The Kier molecular flexibility index (Phi) is 6.11. The van der Waals surface area contributed by atoms with Gasteiger partial charge in [0.25, 0.3) is 0 Å². The van der Waals surface area contributed by atoms with Crippen LogP contribution in [-0.2, 0) is 0 Å². The van der Waals surface area contributed by atoms with Crippen molar-refractivity contribution >= 4 is 35.5 Å². The summed E-state index contributed by atoms with van der Waals surface area (Å²) in [5.74, 6) is -0.146. The Bertz CT molecular complexity index is 913. The van der Waals surface area contributed by atoms with E-state index in [1.165, 1.54) is 0 Å². The maximum absolute atomic E-state index is 10.2. The second kappa shape index (κ2) is 8.54. The molecular formula is C19H20ClN5O3. The van der Waals surface area contributed by atoms with Crippen LogP contribution in [0.25, 0.3) is 12.2 Å². The van der Waals surface area contributed by atoms with Crippen LogP contribution in [0.2, 0.25) is 5.15 Å². The lowest BCUT2D eigenvalue weighted by Crippen LogP contribution is -2.35. The minimum Gasteiger partial charge on any atom is -0.396 e. The van der Waals surface area contributed by atoms with E-state index in [0.717, 1.165) is 5.56 Å². The van der Waals surface area contributed by atoms with Crippen LogP contribution in [0, 0.1) is 17.2 Å². The second-order valence-electron chi connectivity index (χ2n) is 6.61. The molecular weight excluding hydrogens is 382 g/mol. The molecule has 1 aliphatic carbocycles. The number of nitrogens with zero attached hydrogens (tertiary/aromatic N) is 3. The van der Waals surface area contributed by atoms with E-state index in [1.807, 2.05) is 0 Å². The molecule has 1 saturated carbocycles. The maximum atomic E-state index is 10.2. The summed E-state index contributed by atoms with van der Waals surface area (Å²) in [6, 6.07) is 8.51. The molecule has 1 aliphatic rings. The standard InChI is InChI=1S/C19H20ClN5O3/c20-17-13(6-5-10-1-3-11(8-21)4-2-10)18(25-19(22)24-17)23-14-7-12(9-26)15(27)16(14)28/h1-6,12,14-16,26-28H,7,9H2,(H3,22,23,24,25)/t12-,14-,15-,16+/m1/s1. The van der Waals surface area contributed by atoms with Crippen molar-refractivity contribution in [1.29, 1.82) is 5.26 Å². The SMILES string of the molecule is N#Cc1ccc(C=Cc2c(Cl)nc(N)nc2N[C@@H]2C[C@H](CO)[C@@H](O)[C@H]2O)cc1. The molecule has 1 fully saturated rings. The van der Waals surface area contributed by atoms with Gasteiger partial charge in [0.2, 0.25) is 5.95 Å². The number of nitrogen functional groups attached to an aromatic ring is 1. The summed E-state index contributed by atoms with van der Waals surface area (Å²) >= 11 is 6.24. The summed E-state index contributed by atoms with van der Waals surface area (Å²) in [6.07, 6.45) is 1.74. The van der Waals surface area contributed by atoms with Crippen LogP contribution < -0.4 is 11.1 Å². The van der Waals surface area contributed by atoms with Crippen molar-refractivity contribution in [3.05, 3.63) is 46.1 Å². The molecule has 146 valence electrons. The molecule has 0 saturated heterocycles. The first-order valence-electron chi connectivity index (χ1n) is 8.67. The molecule has 6 N–H and O–H groups in total. The van der Waals surface area contributed by atoms with Crippen LogP contribution in [0.5, 0.6) is 0 Å². The fourth-order valence-corrected chi connectivity index (χ4v) is 3.43. The van der Waals surface area contributed by atoms with E-state index >= 15 is 0 Å². The zero-order chi connectivity index (χ0) is 20.3.